The molecule has 2 atom stereocenters. The first-order chi connectivity index (χ1) is 26.0. The highest BCUT2D eigenvalue weighted by Crippen LogP contribution is 2.43. The number of unbranched alkanes of at least 4 members (excludes halogenated alkanes) is 19. The third-order valence-corrected chi connectivity index (χ3v) is 9.71. The lowest BCUT2D eigenvalue weighted by Gasteiger charge is -2.20. The van der Waals surface area contributed by atoms with Crippen LogP contribution in [-0.4, -0.2) is 61.8 Å². The SMILES string of the molecule is CCCCCCCC/C=C\C/C=C\CCCCC(=O)OC[C@H](COP(=O)(O)O/C=C\[N+](C)(C)C)OC(=O)CC/C=C\CCCCCCCCCCCCC. The molecule has 0 saturated heterocycles. The van der Waals surface area contributed by atoms with Gasteiger partial charge in [-0.15, -0.1) is 0 Å². The van der Waals surface area contributed by atoms with Crippen LogP contribution < -0.4 is 0 Å². The lowest BCUT2D eigenvalue weighted by molar-refractivity contribution is -0.817. The van der Waals surface area contributed by atoms with Gasteiger partial charge < -0.3 is 18.5 Å². The molecule has 0 fully saturated rings. The first-order valence-electron chi connectivity index (χ1n) is 21.4. The van der Waals surface area contributed by atoms with Crippen LogP contribution in [0.2, 0.25) is 0 Å². The predicted octanol–water partition coefficient (Wildman–Crippen LogP) is 12.6. The molecule has 0 bridgehead atoms. The maximum Gasteiger partial charge on any atom is 0.527 e. The Morgan fingerprint density at radius 1 is 0.593 bits per heavy atom. The van der Waals surface area contributed by atoms with Crippen molar-refractivity contribution in [1.82, 2.24) is 0 Å². The Bertz CT molecular complexity index is 1070. The number of phosphoric acid groups is 1. The van der Waals surface area contributed by atoms with Crippen LogP contribution in [0.25, 0.3) is 0 Å². The largest absolute Gasteiger partial charge is 0.527 e. The Hall–Kier alpha value is -2.19. The van der Waals surface area contributed by atoms with E-state index in [0.29, 0.717) is 17.3 Å². The molecule has 0 rings (SSSR count). The molecule has 0 aromatic carbocycles. The summed E-state index contributed by atoms with van der Waals surface area (Å²) in [6, 6.07) is 0. The van der Waals surface area contributed by atoms with Gasteiger partial charge >= 0.3 is 19.8 Å². The number of hydrogen-bond donors (Lipinski definition) is 1. The van der Waals surface area contributed by atoms with Gasteiger partial charge in [-0.05, 0) is 57.8 Å². The highest BCUT2D eigenvalue weighted by molar-refractivity contribution is 7.47. The predicted molar refractivity (Wildman–Crippen MR) is 224 cm³/mol. The van der Waals surface area contributed by atoms with Crippen LogP contribution in [0.1, 0.15) is 181 Å². The first-order valence-corrected chi connectivity index (χ1v) is 22.9. The number of ether oxygens (including phenoxy) is 2. The lowest BCUT2D eigenvalue weighted by Crippen LogP contribution is -2.29. The van der Waals surface area contributed by atoms with Crippen molar-refractivity contribution in [3.63, 3.8) is 0 Å². The fraction of sp³-hybridized carbons (Fsp3) is 0.773. The normalized spacial score (nSPS) is 14.0. The fourth-order valence-electron chi connectivity index (χ4n) is 5.56. The number of nitrogens with zero attached hydrogens (tertiary/aromatic N) is 1. The second-order valence-corrected chi connectivity index (χ2v) is 16.8. The van der Waals surface area contributed by atoms with E-state index in [1.807, 2.05) is 27.2 Å². The van der Waals surface area contributed by atoms with E-state index in [9.17, 15) is 19.0 Å². The van der Waals surface area contributed by atoms with Gasteiger partial charge in [-0.2, -0.15) is 0 Å². The van der Waals surface area contributed by atoms with Crippen molar-refractivity contribution >= 4 is 19.8 Å². The molecule has 0 aliphatic carbocycles. The number of phosphoric ester groups is 1. The number of allylic oxidation sites excluding steroid dienone is 6. The van der Waals surface area contributed by atoms with E-state index in [1.165, 1.54) is 103 Å². The minimum absolute atomic E-state index is 0.140. The first kappa shape index (κ1) is 51.8. The van der Waals surface area contributed by atoms with Gasteiger partial charge in [0, 0.05) is 12.8 Å². The van der Waals surface area contributed by atoms with Crippen molar-refractivity contribution in [1.29, 1.82) is 0 Å². The van der Waals surface area contributed by atoms with E-state index in [1.54, 1.807) is 6.20 Å². The van der Waals surface area contributed by atoms with Crippen molar-refractivity contribution < 1.29 is 42.1 Å². The second kappa shape index (κ2) is 36.4. The average Bonchev–Trinajstić information content (AvgIpc) is 3.12. The number of carbonyl (C=O) groups excluding carboxylic acids is 2. The van der Waals surface area contributed by atoms with Gasteiger partial charge in [-0.25, -0.2) is 4.57 Å². The zero-order valence-electron chi connectivity index (χ0n) is 35.2. The van der Waals surface area contributed by atoms with Crippen LogP contribution in [0.4, 0.5) is 0 Å². The number of carbonyl (C=O) groups is 2. The summed E-state index contributed by atoms with van der Waals surface area (Å²) in [5, 5.41) is 0. The van der Waals surface area contributed by atoms with Gasteiger partial charge in [-0.3, -0.25) is 19.0 Å². The monoisotopic (exact) mass is 783 g/mol. The van der Waals surface area contributed by atoms with Gasteiger partial charge in [0.25, 0.3) is 0 Å². The van der Waals surface area contributed by atoms with E-state index in [4.69, 9.17) is 18.5 Å². The Morgan fingerprint density at radius 2 is 1.06 bits per heavy atom. The molecule has 0 radical (unpaired) electrons. The van der Waals surface area contributed by atoms with Crippen molar-refractivity contribution in [2.45, 2.75) is 187 Å². The van der Waals surface area contributed by atoms with Gasteiger partial charge in [-0.1, -0.05) is 147 Å². The summed E-state index contributed by atoms with van der Waals surface area (Å²) in [6.45, 7) is 3.76. The van der Waals surface area contributed by atoms with E-state index in [0.717, 1.165) is 44.8 Å². The van der Waals surface area contributed by atoms with Crippen molar-refractivity contribution in [3.05, 3.63) is 48.9 Å². The molecular formula is C44H81NO8P+. The number of hydrogen-bond acceptors (Lipinski definition) is 7. The van der Waals surface area contributed by atoms with Crippen molar-refractivity contribution in [2.75, 3.05) is 34.4 Å². The highest BCUT2D eigenvalue weighted by atomic mass is 31.2. The number of esters is 2. The van der Waals surface area contributed by atoms with Crippen LogP contribution in [0.3, 0.4) is 0 Å². The van der Waals surface area contributed by atoms with Crippen molar-refractivity contribution in [3.8, 4) is 0 Å². The van der Waals surface area contributed by atoms with Crippen LogP contribution in [-0.2, 0) is 32.7 Å². The third kappa shape index (κ3) is 39.5. The molecule has 0 aliphatic rings. The molecule has 0 spiro atoms. The maximum absolute atomic E-state index is 12.6. The molecular weight excluding hydrogens is 701 g/mol. The molecule has 314 valence electrons. The van der Waals surface area contributed by atoms with Crippen LogP contribution >= 0.6 is 7.82 Å². The summed E-state index contributed by atoms with van der Waals surface area (Å²) in [5.74, 6) is -0.918. The molecule has 54 heavy (non-hydrogen) atoms. The topological polar surface area (TPSA) is 108 Å². The van der Waals surface area contributed by atoms with Gasteiger partial charge in [0.05, 0.1) is 21.1 Å². The van der Waals surface area contributed by atoms with Crippen LogP contribution in [0, 0.1) is 0 Å². The summed E-state index contributed by atoms with van der Waals surface area (Å²) >= 11 is 0. The van der Waals surface area contributed by atoms with Crippen LogP contribution in [0.5, 0.6) is 0 Å². The minimum atomic E-state index is -4.47. The molecule has 0 aromatic rings. The lowest BCUT2D eigenvalue weighted by atomic mass is 10.1. The quantitative estimate of drug-likeness (QED) is 0.0165. The molecule has 0 aliphatic heterocycles. The average molecular weight is 783 g/mol. The zero-order chi connectivity index (χ0) is 40.0. The zero-order valence-corrected chi connectivity index (χ0v) is 36.1. The molecule has 0 saturated carbocycles. The molecule has 0 amide bonds. The summed E-state index contributed by atoms with van der Waals surface area (Å²) < 4.78 is 33.7. The van der Waals surface area contributed by atoms with E-state index in [-0.39, 0.29) is 19.4 Å². The third-order valence-electron chi connectivity index (χ3n) is 8.84. The summed E-state index contributed by atoms with van der Waals surface area (Å²) in [7, 11) is 1.09. The van der Waals surface area contributed by atoms with Crippen LogP contribution in [0.15, 0.2) is 48.9 Å². The Kier molecular flexibility index (Phi) is 35.0. The second-order valence-electron chi connectivity index (χ2n) is 15.4. The standard InChI is InChI=1S/C44H80NO8P/c1-6-8-10-12-14-16-18-20-22-24-26-28-30-32-34-36-43(46)50-40-42(41-52-54(48,49)51-39-38-45(3,4)5)53-44(47)37-35-33-31-29-27-25-23-21-19-17-15-13-11-9-7-2/h20,22,26,28,31,33,38-39,42H,6-19,21,23-25,27,29-30,32,34-37,40-41H2,1-5H3/p+1/b22-20-,28-26-,33-31-,39-38-/t42-/m1/s1. The Labute approximate surface area is 331 Å². The number of quaternary nitrogens is 1. The molecule has 1 unspecified atom stereocenters. The van der Waals surface area contributed by atoms with E-state index >= 15 is 0 Å². The summed E-state index contributed by atoms with van der Waals surface area (Å²) in [4.78, 5) is 35.2. The van der Waals surface area contributed by atoms with Gasteiger partial charge in [0.15, 0.2) is 6.10 Å². The molecule has 9 nitrogen and oxygen atoms in total. The van der Waals surface area contributed by atoms with E-state index in [2.05, 4.69) is 44.2 Å². The maximum atomic E-state index is 12.6. The smallest absolute Gasteiger partial charge is 0.462 e. The van der Waals surface area contributed by atoms with Gasteiger partial charge in [0.1, 0.15) is 25.7 Å². The highest BCUT2D eigenvalue weighted by Gasteiger charge is 2.26. The molecule has 0 aromatic heterocycles. The minimum Gasteiger partial charge on any atom is -0.462 e. The molecule has 10 heteroatoms. The van der Waals surface area contributed by atoms with Gasteiger partial charge in [0.2, 0.25) is 0 Å². The Balaban J connectivity index is 4.49. The fourth-order valence-corrected chi connectivity index (χ4v) is 6.18. The summed E-state index contributed by atoms with van der Waals surface area (Å²) in [6.07, 6.45) is 43.2. The number of rotatable bonds is 38. The molecule has 0 heterocycles. The molecule has 1 N–H and O–H groups in total. The van der Waals surface area contributed by atoms with Crippen molar-refractivity contribution in [2.24, 2.45) is 0 Å². The Morgan fingerprint density at radius 3 is 1.57 bits per heavy atom. The van der Waals surface area contributed by atoms with E-state index < -0.39 is 32.5 Å². The summed E-state index contributed by atoms with van der Waals surface area (Å²) in [5.41, 5.74) is 0.